The molecular weight excluding hydrogens is 1550 g/mol. The van der Waals surface area contributed by atoms with Crippen LogP contribution in [0.15, 0.2) is 0 Å². The first-order valence-electron chi connectivity index (χ1n) is 43.7. The number of amides is 6. The quantitative estimate of drug-likeness (QED) is 0.0253. The lowest BCUT2D eigenvalue weighted by molar-refractivity contribution is -0.142. The zero-order chi connectivity index (χ0) is 88.8. The van der Waals surface area contributed by atoms with Gasteiger partial charge >= 0.3 is 23.9 Å². The van der Waals surface area contributed by atoms with Crippen molar-refractivity contribution in [1.82, 2.24) is 31.9 Å². The average molecular weight is 1710 g/mol. The van der Waals surface area contributed by atoms with Crippen molar-refractivity contribution < 1.29 is 133 Å². The maximum Gasteiger partial charge on any atom is 0.326 e. The molecule has 6 amide bonds. The Bertz CT molecular complexity index is 2800. The Morgan fingerprint density at radius 1 is 0.319 bits per heavy atom. The zero-order valence-electron chi connectivity index (χ0n) is 72.9. The lowest BCUT2D eigenvalue weighted by atomic mass is 9.80. The molecule has 0 saturated carbocycles. The van der Waals surface area contributed by atoms with Crippen LogP contribution in [0.4, 0.5) is 0 Å². The highest BCUT2D eigenvalue weighted by molar-refractivity contribution is 5.93. The van der Waals surface area contributed by atoms with Crippen molar-refractivity contribution in [2.45, 2.75) is 310 Å². The molecule has 692 valence electrons. The molecule has 33 nitrogen and oxygen atoms in total. The molecule has 4 atom stereocenters. The molecule has 0 aromatic carbocycles. The third-order valence-corrected chi connectivity index (χ3v) is 19.1. The number of carbonyl (C=O) groups is 15. The van der Waals surface area contributed by atoms with E-state index in [0.717, 1.165) is 135 Å². The third kappa shape index (κ3) is 79.0. The van der Waals surface area contributed by atoms with Crippen molar-refractivity contribution in [3.8, 4) is 0 Å². The number of carboxylic acids is 4. The molecule has 0 aliphatic carbocycles. The second kappa shape index (κ2) is 79.2. The Kier molecular flexibility index (Phi) is 75.7. The summed E-state index contributed by atoms with van der Waals surface area (Å²) >= 11 is 0. The maximum absolute atomic E-state index is 12.9. The molecule has 0 aromatic rings. The van der Waals surface area contributed by atoms with E-state index in [9.17, 15) is 82.1 Å². The molecule has 0 aliphatic rings. The summed E-state index contributed by atoms with van der Waals surface area (Å²) in [5.74, 6) is -6.75. The molecule has 0 aliphatic heterocycles. The van der Waals surface area contributed by atoms with E-state index in [-0.39, 0.29) is 236 Å². The SMILES string of the molecule is CC(=O)[C@H](C)CC(=O)[C@H](CCCCNC(=O)COCCOCCCC(=O)COCCOCCNC(=O)CC[C@H](NC(=O)CCCCCCCCCCCCC(=O)O)C(=O)O)CC(=O)C(C)(C)C.CCCCCNC(=O)COCCOCCNC(=O)COCCOCCCC(=O)CC[C@H](NC(=O)CCCCCCCCCCCCC(=O)O)C(=O)O.[HH].[HH]. The fourth-order valence-corrected chi connectivity index (χ4v) is 11.7. The Morgan fingerprint density at radius 2 is 0.664 bits per heavy atom. The predicted molar refractivity (Wildman–Crippen MR) is 450 cm³/mol. The van der Waals surface area contributed by atoms with Crippen molar-refractivity contribution in [1.29, 1.82) is 0 Å². The van der Waals surface area contributed by atoms with Crippen molar-refractivity contribution in [2.75, 3.05) is 132 Å². The van der Waals surface area contributed by atoms with E-state index in [2.05, 4.69) is 38.8 Å². The van der Waals surface area contributed by atoms with E-state index < -0.39 is 47.3 Å². The minimum Gasteiger partial charge on any atom is -0.481 e. The van der Waals surface area contributed by atoms with Gasteiger partial charge in [-0.2, -0.15) is 0 Å². The molecule has 0 unspecified atom stereocenters. The van der Waals surface area contributed by atoms with Crippen molar-refractivity contribution in [2.24, 2.45) is 17.3 Å². The summed E-state index contributed by atoms with van der Waals surface area (Å²) in [5.41, 5.74) is -0.558. The topological polar surface area (TPSA) is 483 Å². The molecule has 33 heteroatoms. The Hall–Kier alpha value is -7.27. The van der Waals surface area contributed by atoms with E-state index in [4.69, 9.17) is 48.1 Å². The predicted octanol–water partition coefficient (Wildman–Crippen LogP) is 10.2. The summed E-state index contributed by atoms with van der Waals surface area (Å²) in [6.45, 7) is 15.1. The highest BCUT2D eigenvalue weighted by atomic mass is 16.5. The van der Waals surface area contributed by atoms with Gasteiger partial charge in [0.2, 0.25) is 35.4 Å². The number of ether oxygens (including phenoxy) is 8. The van der Waals surface area contributed by atoms with Crippen LogP contribution in [-0.4, -0.2) is 253 Å². The minimum absolute atomic E-state index is 0. The van der Waals surface area contributed by atoms with Gasteiger partial charge in [0.15, 0.2) is 5.78 Å². The standard InChI is InChI=1S/C49H85N3O15.C37H67N3O12.2H2/c1-37(38(2)53)33-42(55)39(34-43(56)49(3,4)5)19-16-17-25-50-46(59)36-67-32-29-64-27-18-20-40(54)35-66-31-30-65-28-26-51-44(57)24-23-41(48(62)63)52-45(58)21-14-12-10-8-6-7-9-11-13-15-22-47(60)61;1-2-3-14-21-38-34(43)29-52-28-26-50-24-22-39-35(44)30-51-27-25-49-23-15-16-31(41)19-20-32(37(47)48)40-33(42)17-12-10-8-6-4-5-7-9-11-13-18-36(45)46;;/h37,39,41H,6-36H2,1-5H3,(H,50,59)(H,51,57)(H,52,58)(H,60,61)(H,62,63);32H,2-30H2,1H3,(H,38,43)(H,39,44)(H,40,42)(H,45,46)(H,47,48);2*1H/t37-,39-,41+;32-;;/m10../s1. The highest BCUT2D eigenvalue weighted by Crippen LogP contribution is 2.26. The van der Waals surface area contributed by atoms with Crippen LogP contribution in [-0.2, 0) is 110 Å². The Balaban J connectivity index is -0.00000115. The largest absolute Gasteiger partial charge is 0.481 e. The van der Waals surface area contributed by atoms with Crippen LogP contribution in [0.5, 0.6) is 0 Å². The number of hydrogen-bond acceptors (Lipinski definition) is 23. The van der Waals surface area contributed by atoms with Crippen LogP contribution in [0.2, 0.25) is 0 Å². The second-order valence-electron chi connectivity index (χ2n) is 31.2. The van der Waals surface area contributed by atoms with Gasteiger partial charge in [0.1, 0.15) is 61.6 Å². The molecule has 0 fully saturated rings. The molecule has 10 N–H and O–H groups in total. The first-order chi connectivity index (χ1) is 57.0. The van der Waals surface area contributed by atoms with Crippen molar-refractivity contribution in [3.05, 3.63) is 0 Å². The number of carboxylic acid groups (broad SMARTS) is 4. The first-order valence-corrected chi connectivity index (χ1v) is 43.7. The summed E-state index contributed by atoms with van der Waals surface area (Å²) in [6.07, 6.45) is 26.9. The van der Waals surface area contributed by atoms with E-state index >= 15 is 0 Å². The Morgan fingerprint density at radius 3 is 1.05 bits per heavy atom. The van der Waals surface area contributed by atoms with Crippen LogP contribution in [0.25, 0.3) is 0 Å². The first kappa shape index (κ1) is 114. The van der Waals surface area contributed by atoms with Gasteiger partial charge < -0.3 is 90.2 Å². The summed E-state index contributed by atoms with van der Waals surface area (Å²) in [5, 5.41) is 52.2. The summed E-state index contributed by atoms with van der Waals surface area (Å²) in [4.78, 5) is 178. The van der Waals surface area contributed by atoms with E-state index in [1.807, 2.05) is 20.8 Å². The van der Waals surface area contributed by atoms with Gasteiger partial charge in [0.25, 0.3) is 0 Å². The molecule has 0 spiro atoms. The van der Waals surface area contributed by atoms with Gasteiger partial charge in [-0.25, -0.2) is 9.59 Å². The summed E-state index contributed by atoms with van der Waals surface area (Å²) in [7, 11) is 0. The molecule has 0 heterocycles. The van der Waals surface area contributed by atoms with Gasteiger partial charge in [0, 0.05) is 124 Å². The molecule has 0 rings (SSSR count). The third-order valence-electron chi connectivity index (χ3n) is 19.1. The van der Waals surface area contributed by atoms with Crippen LogP contribution in [0, 0.1) is 17.3 Å². The molecule has 0 bridgehead atoms. The summed E-state index contributed by atoms with van der Waals surface area (Å²) in [6, 6.07) is -2.26. The molecule has 0 saturated heterocycles. The van der Waals surface area contributed by atoms with Gasteiger partial charge in [-0.15, -0.1) is 0 Å². The van der Waals surface area contributed by atoms with E-state index in [0.29, 0.717) is 91.0 Å². The monoisotopic (exact) mass is 1710 g/mol. The number of rotatable bonds is 85. The number of hydrogen-bond donors (Lipinski definition) is 10. The highest BCUT2D eigenvalue weighted by Gasteiger charge is 2.30. The summed E-state index contributed by atoms with van der Waals surface area (Å²) < 4.78 is 42.9. The van der Waals surface area contributed by atoms with Crippen LogP contribution < -0.4 is 31.9 Å². The fraction of sp³-hybridized carbons (Fsp3) is 0.826. The normalized spacial score (nSPS) is 12.2. The van der Waals surface area contributed by atoms with E-state index in [1.165, 1.54) is 6.92 Å². The zero-order valence-corrected chi connectivity index (χ0v) is 72.9. The number of carbonyl (C=O) groups excluding carboxylic acids is 11. The second-order valence-corrected chi connectivity index (χ2v) is 31.2. The lowest BCUT2D eigenvalue weighted by Crippen LogP contribution is -2.41. The van der Waals surface area contributed by atoms with Crippen LogP contribution in [0.1, 0.15) is 301 Å². The van der Waals surface area contributed by atoms with E-state index in [1.54, 1.807) is 6.92 Å². The van der Waals surface area contributed by atoms with Gasteiger partial charge in [-0.1, -0.05) is 157 Å². The average Bonchev–Trinajstić information content (AvgIpc) is 0.870. The van der Waals surface area contributed by atoms with Gasteiger partial charge in [-0.05, 0) is 77.6 Å². The number of ketones is 5. The van der Waals surface area contributed by atoms with Gasteiger partial charge in [-0.3, -0.25) is 62.3 Å². The number of Topliss-reactive ketones (excluding diaryl/α,β-unsaturated/α-hetero) is 5. The number of unbranched alkanes of at least 4 members (excludes halogenated alkanes) is 21. The smallest absolute Gasteiger partial charge is 0.326 e. The molecular formula is C86H156N6O27. The Labute approximate surface area is 710 Å². The molecule has 0 aromatic heterocycles. The van der Waals surface area contributed by atoms with Gasteiger partial charge in [0.05, 0.1) is 66.1 Å². The number of nitrogens with one attached hydrogen (secondary N) is 6. The lowest BCUT2D eigenvalue weighted by Gasteiger charge is -2.22. The maximum atomic E-state index is 12.9. The molecule has 119 heavy (non-hydrogen) atoms. The van der Waals surface area contributed by atoms with Crippen LogP contribution >= 0.6 is 0 Å². The van der Waals surface area contributed by atoms with Crippen LogP contribution in [0.3, 0.4) is 0 Å². The fourth-order valence-electron chi connectivity index (χ4n) is 11.7. The number of aliphatic carboxylic acids is 4. The van der Waals surface area contributed by atoms with Crippen molar-refractivity contribution in [3.63, 3.8) is 0 Å². The minimum atomic E-state index is -1.20. The molecule has 0 radical (unpaired) electrons. The van der Waals surface area contributed by atoms with Crippen molar-refractivity contribution >= 4 is 88.2 Å².